The summed E-state index contributed by atoms with van der Waals surface area (Å²) in [6.45, 7) is 3.95. The number of benzene rings is 1. The fraction of sp³-hybridized carbons (Fsp3) is 0.353. The molecule has 2 rings (SSSR count). The number of allylic oxidation sites excluding steroid dienone is 2. The molecule has 1 aliphatic carbocycles. The highest BCUT2D eigenvalue weighted by atomic mass is 16.3. The van der Waals surface area contributed by atoms with Crippen molar-refractivity contribution in [3.05, 3.63) is 40.5 Å². The van der Waals surface area contributed by atoms with Crippen molar-refractivity contribution in [3.63, 3.8) is 0 Å². The van der Waals surface area contributed by atoms with Gasteiger partial charge in [0, 0.05) is 23.1 Å². The highest BCUT2D eigenvalue weighted by Gasteiger charge is 2.17. The van der Waals surface area contributed by atoms with E-state index in [4.69, 9.17) is 0 Å². The quantitative estimate of drug-likeness (QED) is 0.821. The van der Waals surface area contributed by atoms with Crippen LogP contribution in [0.1, 0.15) is 44.2 Å². The fourth-order valence-corrected chi connectivity index (χ4v) is 2.26. The number of Topliss-reactive ketones (excluding diaryl/α,β-unsaturated/α-hetero) is 1. The Morgan fingerprint density at radius 3 is 2.68 bits per heavy atom. The third kappa shape index (κ3) is 3.06. The third-order valence-electron chi connectivity index (χ3n) is 3.43. The average Bonchev–Trinajstić information content (AvgIpc) is 2.70. The lowest BCUT2D eigenvalue weighted by Gasteiger charge is -2.03. The molecule has 1 aromatic carbocycles. The van der Waals surface area contributed by atoms with Crippen LogP contribution in [0.25, 0.3) is 0 Å². The van der Waals surface area contributed by atoms with Crippen molar-refractivity contribution in [1.82, 2.24) is 0 Å². The Kier molecular flexibility index (Phi) is 4.06. The number of hydrogen-bond donors (Lipinski definition) is 1. The van der Waals surface area contributed by atoms with Crippen LogP contribution < -0.4 is 0 Å². The van der Waals surface area contributed by atoms with Crippen LogP contribution in [-0.4, -0.2) is 10.9 Å². The van der Waals surface area contributed by atoms with E-state index in [1.165, 1.54) is 0 Å². The van der Waals surface area contributed by atoms with Gasteiger partial charge in [-0.05, 0) is 43.5 Å². The average molecular weight is 254 g/mol. The predicted octanol–water partition coefficient (Wildman–Crippen LogP) is 3.38. The topological polar surface area (TPSA) is 37.3 Å². The molecule has 98 valence electrons. The molecule has 0 saturated heterocycles. The summed E-state index contributed by atoms with van der Waals surface area (Å²) in [5.74, 6) is 6.76. The maximum absolute atomic E-state index is 11.5. The molecule has 19 heavy (non-hydrogen) atoms. The second-order valence-corrected chi connectivity index (χ2v) is 4.87. The molecule has 1 aromatic rings. The largest absolute Gasteiger partial charge is 0.508 e. The summed E-state index contributed by atoms with van der Waals surface area (Å²) in [7, 11) is 0. The summed E-state index contributed by atoms with van der Waals surface area (Å²) >= 11 is 0. The van der Waals surface area contributed by atoms with Gasteiger partial charge < -0.3 is 5.11 Å². The minimum atomic E-state index is 0.212. The molecule has 0 unspecified atom stereocenters. The number of carbonyl (C=O) groups excluding carboxylic acids is 1. The minimum Gasteiger partial charge on any atom is -0.508 e. The van der Waals surface area contributed by atoms with Gasteiger partial charge in [0.15, 0.2) is 5.78 Å². The molecule has 0 fully saturated rings. The van der Waals surface area contributed by atoms with Crippen molar-refractivity contribution in [1.29, 1.82) is 0 Å². The van der Waals surface area contributed by atoms with Crippen molar-refractivity contribution in [2.45, 2.75) is 39.5 Å². The van der Waals surface area contributed by atoms with Crippen molar-refractivity contribution in [2.24, 2.45) is 0 Å². The number of carbonyl (C=O) groups is 1. The van der Waals surface area contributed by atoms with Crippen molar-refractivity contribution >= 4 is 5.78 Å². The summed E-state index contributed by atoms with van der Waals surface area (Å²) in [6.07, 6.45) is 3.26. The number of hydrogen-bond acceptors (Lipinski definition) is 2. The van der Waals surface area contributed by atoms with Gasteiger partial charge in [-0.25, -0.2) is 0 Å². The molecule has 0 aliphatic heterocycles. The molecule has 0 atom stereocenters. The van der Waals surface area contributed by atoms with Crippen LogP contribution in [0.2, 0.25) is 0 Å². The Labute approximate surface area is 114 Å². The predicted molar refractivity (Wildman–Crippen MR) is 75.9 cm³/mol. The molecule has 0 heterocycles. The molecule has 0 saturated carbocycles. The van der Waals surface area contributed by atoms with Gasteiger partial charge in [-0.3, -0.25) is 4.79 Å². The van der Waals surface area contributed by atoms with Gasteiger partial charge >= 0.3 is 0 Å². The number of phenols is 1. The number of aryl methyl sites for hydroxylation is 1. The molecule has 0 spiro atoms. The highest BCUT2D eigenvalue weighted by molar-refractivity contribution is 5.99. The zero-order valence-electron chi connectivity index (χ0n) is 11.4. The molecule has 2 heteroatoms. The van der Waals surface area contributed by atoms with E-state index in [9.17, 15) is 9.90 Å². The molecule has 1 aliphatic rings. The van der Waals surface area contributed by atoms with E-state index in [0.29, 0.717) is 6.42 Å². The van der Waals surface area contributed by atoms with E-state index in [-0.39, 0.29) is 11.5 Å². The highest BCUT2D eigenvalue weighted by Crippen LogP contribution is 2.22. The first-order valence-electron chi connectivity index (χ1n) is 6.68. The van der Waals surface area contributed by atoms with Crippen LogP contribution in [0.5, 0.6) is 5.75 Å². The van der Waals surface area contributed by atoms with Crippen LogP contribution >= 0.6 is 0 Å². The first kappa shape index (κ1) is 13.4. The van der Waals surface area contributed by atoms with Crippen LogP contribution in [0.3, 0.4) is 0 Å². The molecule has 0 bridgehead atoms. The van der Waals surface area contributed by atoms with Crippen LogP contribution in [0.15, 0.2) is 29.3 Å². The first-order chi connectivity index (χ1) is 9.11. The molecule has 0 aromatic heterocycles. The SMILES string of the molecule is CCCc1cc(O)ccc1C#CC1=C(C)C(=O)CC1. The Bertz CT molecular complexity index is 597. The van der Waals surface area contributed by atoms with Crippen LogP contribution in [0.4, 0.5) is 0 Å². The third-order valence-corrected chi connectivity index (χ3v) is 3.43. The molecular weight excluding hydrogens is 236 g/mol. The summed E-state index contributed by atoms with van der Waals surface area (Å²) in [5.41, 5.74) is 3.78. The smallest absolute Gasteiger partial charge is 0.159 e. The minimum absolute atomic E-state index is 0.212. The van der Waals surface area contributed by atoms with Gasteiger partial charge in [-0.1, -0.05) is 25.2 Å². The van der Waals surface area contributed by atoms with Crippen molar-refractivity contribution in [2.75, 3.05) is 0 Å². The number of ketones is 1. The molecule has 1 N–H and O–H groups in total. The molecule has 2 nitrogen and oxygen atoms in total. The maximum atomic E-state index is 11.5. The lowest BCUT2D eigenvalue weighted by atomic mass is 10.0. The normalized spacial score (nSPS) is 14.5. The van der Waals surface area contributed by atoms with Gasteiger partial charge in [0.05, 0.1) is 0 Å². The van der Waals surface area contributed by atoms with Crippen molar-refractivity contribution in [3.8, 4) is 17.6 Å². The Hall–Kier alpha value is -2.01. The second-order valence-electron chi connectivity index (χ2n) is 4.87. The molecule has 0 radical (unpaired) electrons. The standard InChI is InChI=1S/C17H18O2/c1-3-4-15-11-16(18)9-7-14(15)6-5-13-8-10-17(19)12(13)2/h7,9,11,18H,3-4,8,10H2,1-2H3. The second kappa shape index (κ2) is 5.75. The zero-order valence-corrected chi connectivity index (χ0v) is 11.4. The van der Waals surface area contributed by atoms with E-state index in [2.05, 4.69) is 18.8 Å². The van der Waals surface area contributed by atoms with Gasteiger partial charge in [0.2, 0.25) is 0 Å². The molecular formula is C17H18O2. The fourth-order valence-electron chi connectivity index (χ4n) is 2.26. The van der Waals surface area contributed by atoms with E-state index in [0.717, 1.165) is 41.5 Å². The van der Waals surface area contributed by atoms with Gasteiger partial charge in [-0.15, -0.1) is 0 Å². The van der Waals surface area contributed by atoms with E-state index < -0.39 is 0 Å². The summed E-state index contributed by atoms with van der Waals surface area (Å²) in [4.78, 5) is 11.5. The number of phenolic OH excluding ortho intramolecular Hbond substituents is 1. The van der Waals surface area contributed by atoms with Gasteiger partial charge in [-0.2, -0.15) is 0 Å². The Morgan fingerprint density at radius 1 is 1.26 bits per heavy atom. The Morgan fingerprint density at radius 2 is 2.05 bits per heavy atom. The van der Waals surface area contributed by atoms with Crippen molar-refractivity contribution < 1.29 is 9.90 Å². The van der Waals surface area contributed by atoms with E-state index >= 15 is 0 Å². The number of rotatable bonds is 2. The lowest BCUT2D eigenvalue weighted by molar-refractivity contribution is -0.114. The van der Waals surface area contributed by atoms with E-state index in [1.54, 1.807) is 12.1 Å². The van der Waals surface area contributed by atoms with Crippen LogP contribution in [-0.2, 0) is 11.2 Å². The zero-order chi connectivity index (χ0) is 13.8. The summed E-state index contributed by atoms with van der Waals surface area (Å²) in [5, 5.41) is 9.52. The monoisotopic (exact) mass is 254 g/mol. The Balaban J connectivity index is 2.32. The van der Waals surface area contributed by atoms with Gasteiger partial charge in [0.25, 0.3) is 0 Å². The van der Waals surface area contributed by atoms with Gasteiger partial charge in [0.1, 0.15) is 5.75 Å². The number of aromatic hydroxyl groups is 1. The summed E-state index contributed by atoms with van der Waals surface area (Å²) < 4.78 is 0. The molecule has 0 amide bonds. The van der Waals surface area contributed by atoms with E-state index in [1.807, 2.05) is 13.0 Å². The summed E-state index contributed by atoms with van der Waals surface area (Å²) in [6, 6.07) is 5.28. The lowest BCUT2D eigenvalue weighted by Crippen LogP contribution is -1.90. The van der Waals surface area contributed by atoms with Crippen LogP contribution in [0, 0.1) is 11.8 Å². The maximum Gasteiger partial charge on any atom is 0.159 e. The first-order valence-corrected chi connectivity index (χ1v) is 6.68.